The second-order valence-corrected chi connectivity index (χ2v) is 6.89. The Bertz CT molecular complexity index is 548. The Morgan fingerprint density at radius 1 is 0.677 bits per heavy atom. The second-order valence-electron chi connectivity index (χ2n) is 6.89. The van der Waals surface area contributed by atoms with Gasteiger partial charge in [0.1, 0.15) is 11.4 Å². The number of esters is 3. The Labute approximate surface area is 183 Å². The first-order valence-electron chi connectivity index (χ1n) is 10.3. The normalized spacial score (nSPS) is 12.6. The monoisotopic (exact) mass is 448 g/mol. The highest BCUT2D eigenvalue weighted by Gasteiger charge is 2.34. The van der Waals surface area contributed by atoms with Crippen LogP contribution in [0.5, 0.6) is 0 Å². The average molecular weight is 449 g/mol. The molecule has 0 radical (unpaired) electrons. The summed E-state index contributed by atoms with van der Waals surface area (Å²) in [5, 5.41) is 0. The van der Waals surface area contributed by atoms with Gasteiger partial charge in [0.05, 0.1) is 67.0 Å². The molecule has 0 aromatic rings. The zero-order valence-corrected chi connectivity index (χ0v) is 19.1. The number of hydrogen-bond acceptors (Lipinski definition) is 10. The van der Waals surface area contributed by atoms with E-state index in [1.807, 2.05) is 6.92 Å². The fourth-order valence-corrected chi connectivity index (χ4v) is 2.69. The first-order valence-corrected chi connectivity index (χ1v) is 10.3. The van der Waals surface area contributed by atoms with Gasteiger partial charge < -0.3 is 28.4 Å². The van der Waals surface area contributed by atoms with Crippen molar-refractivity contribution in [2.45, 2.75) is 57.5 Å². The number of rotatable bonds is 19. The van der Waals surface area contributed by atoms with Gasteiger partial charge in [0.15, 0.2) is 0 Å². The standard InChI is InChI=1S/C21H36O10/c1-5-6-17(22)15-21(31-13-9-20(25)28-4,16-30-12-8-19(24)27-3)10-14-29-11-7-18(23)26-2/h5-16H2,1-4H3. The van der Waals surface area contributed by atoms with Gasteiger partial charge in [-0.1, -0.05) is 6.92 Å². The molecule has 1 atom stereocenters. The molecular formula is C21H36O10. The first-order chi connectivity index (χ1) is 14.8. The maximum Gasteiger partial charge on any atom is 0.307 e. The molecule has 180 valence electrons. The molecule has 0 saturated heterocycles. The van der Waals surface area contributed by atoms with Gasteiger partial charge in [-0.2, -0.15) is 0 Å². The molecule has 0 aliphatic carbocycles. The van der Waals surface area contributed by atoms with E-state index in [4.69, 9.17) is 14.2 Å². The summed E-state index contributed by atoms with van der Waals surface area (Å²) in [6.45, 7) is 2.43. The van der Waals surface area contributed by atoms with Crippen molar-refractivity contribution in [2.75, 3.05) is 54.4 Å². The molecule has 0 N–H and O–H groups in total. The van der Waals surface area contributed by atoms with Crippen molar-refractivity contribution in [3.05, 3.63) is 0 Å². The van der Waals surface area contributed by atoms with Crippen molar-refractivity contribution < 1.29 is 47.6 Å². The van der Waals surface area contributed by atoms with Gasteiger partial charge in [0.25, 0.3) is 0 Å². The highest BCUT2D eigenvalue weighted by Crippen LogP contribution is 2.24. The van der Waals surface area contributed by atoms with Crippen molar-refractivity contribution in [1.29, 1.82) is 0 Å². The molecule has 0 fully saturated rings. The predicted octanol–water partition coefficient (Wildman–Crippen LogP) is 1.61. The number of hydrogen-bond donors (Lipinski definition) is 0. The molecule has 0 spiro atoms. The fraction of sp³-hybridized carbons (Fsp3) is 0.810. The molecule has 0 aromatic carbocycles. The van der Waals surface area contributed by atoms with E-state index in [2.05, 4.69) is 14.2 Å². The van der Waals surface area contributed by atoms with Crippen LogP contribution in [0, 0.1) is 0 Å². The summed E-state index contributed by atoms with van der Waals surface area (Å²) >= 11 is 0. The van der Waals surface area contributed by atoms with Crippen LogP contribution < -0.4 is 0 Å². The molecular weight excluding hydrogens is 412 g/mol. The third-order valence-corrected chi connectivity index (χ3v) is 4.41. The zero-order chi connectivity index (χ0) is 23.5. The summed E-state index contributed by atoms with van der Waals surface area (Å²) in [4.78, 5) is 46.4. The van der Waals surface area contributed by atoms with Crippen LogP contribution in [-0.4, -0.2) is 83.7 Å². The number of ketones is 1. The topological polar surface area (TPSA) is 124 Å². The van der Waals surface area contributed by atoms with Gasteiger partial charge in [-0.15, -0.1) is 0 Å². The van der Waals surface area contributed by atoms with E-state index in [-0.39, 0.29) is 70.5 Å². The van der Waals surface area contributed by atoms with E-state index < -0.39 is 17.5 Å². The lowest BCUT2D eigenvalue weighted by atomic mass is 9.92. The summed E-state index contributed by atoms with van der Waals surface area (Å²) < 4.78 is 30.9. The Morgan fingerprint density at radius 2 is 1.19 bits per heavy atom. The molecule has 0 amide bonds. The van der Waals surface area contributed by atoms with Crippen molar-refractivity contribution in [2.24, 2.45) is 0 Å². The van der Waals surface area contributed by atoms with Crippen LogP contribution in [0.4, 0.5) is 0 Å². The van der Waals surface area contributed by atoms with Gasteiger partial charge in [0, 0.05) is 25.9 Å². The van der Waals surface area contributed by atoms with Crippen LogP contribution in [-0.2, 0) is 47.6 Å². The van der Waals surface area contributed by atoms with Gasteiger partial charge in [-0.3, -0.25) is 19.2 Å². The first kappa shape index (κ1) is 29.0. The maximum atomic E-state index is 12.4. The summed E-state index contributed by atoms with van der Waals surface area (Å²) in [6, 6.07) is 0. The molecule has 0 rings (SSSR count). The lowest BCUT2D eigenvalue weighted by molar-refractivity contribution is -0.153. The smallest absolute Gasteiger partial charge is 0.307 e. The van der Waals surface area contributed by atoms with Gasteiger partial charge in [-0.05, 0) is 6.42 Å². The summed E-state index contributed by atoms with van der Waals surface area (Å²) in [7, 11) is 3.87. The van der Waals surface area contributed by atoms with Crippen molar-refractivity contribution in [3.8, 4) is 0 Å². The number of Topliss-reactive ketones (excluding diaryl/α,β-unsaturated/α-hetero) is 1. The van der Waals surface area contributed by atoms with E-state index in [9.17, 15) is 19.2 Å². The minimum Gasteiger partial charge on any atom is -0.469 e. The van der Waals surface area contributed by atoms with Crippen molar-refractivity contribution in [3.63, 3.8) is 0 Å². The number of methoxy groups -OCH3 is 3. The number of carbonyl (C=O) groups is 4. The zero-order valence-electron chi connectivity index (χ0n) is 19.1. The summed E-state index contributed by atoms with van der Waals surface area (Å²) in [6.07, 6.45) is 1.63. The molecule has 10 nitrogen and oxygen atoms in total. The van der Waals surface area contributed by atoms with Gasteiger partial charge >= 0.3 is 17.9 Å². The van der Waals surface area contributed by atoms with Crippen molar-refractivity contribution in [1.82, 2.24) is 0 Å². The largest absolute Gasteiger partial charge is 0.469 e. The summed E-state index contributed by atoms with van der Waals surface area (Å²) in [5.41, 5.74) is -1.04. The van der Waals surface area contributed by atoms with Crippen molar-refractivity contribution >= 4 is 23.7 Å². The molecule has 0 heterocycles. The number of ether oxygens (including phenoxy) is 6. The minimum absolute atomic E-state index is 0.00769. The second kappa shape index (κ2) is 17.6. The molecule has 10 heteroatoms. The Balaban J connectivity index is 5.09. The molecule has 1 unspecified atom stereocenters. The van der Waals surface area contributed by atoms with E-state index in [1.165, 1.54) is 21.3 Å². The molecule has 0 saturated carbocycles. The van der Waals surface area contributed by atoms with E-state index in [0.29, 0.717) is 19.3 Å². The Kier molecular flexibility index (Phi) is 16.5. The minimum atomic E-state index is -1.04. The highest BCUT2D eigenvalue weighted by molar-refractivity contribution is 5.79. The Morgan fingerprint density at radius 3 is 1.71 bits per heavy atom. The lowest BCUT2D eigenvalue weighted by Gasteiger charge is -2.33. The SMILES string of the molecule is CCCC(=O)CC(CCOCCC(=O)OC)(COCCC(=O)OC)OCCC(=O)OC. The maximum absolute atomic E-state index is 12.4. The number of carbonyl (C=O) groups excluding carboxylic acids is 4. The average Bonchev–Trinajstić information content (AvgIpc) is 2.75. The van der Waals surface area contributed by atoms with Gasteiger partial charge in [-0.25, -0.2) is 0 Å². The van der Waals surface area contributed by atoms with Crippen LogP contribution in [0.1, 0.15) is 51.9 Å². The third-order valence-electron chi connectivity index (χ3n) is 4.41. The van der Waals surface area contributed by atoms with Crippen LogP contribution >= 0.6 is 0 Å². The Hall–Kier alpha value is -2.04. The van der Waals surface area contributed by atoms with E-state index in [0.717, 1.165) is 0 Å². The van der Waals surface area contributed by atoms with Crippen LogP contribution in [0.25, 0.3) is 0 Å². The lowest BCUT2D eigenvalue weighted by Crippen LogP contribution is -2.42. The van der Waals surface area contributed by atoms with Gasteiger partial charge in [0.2, 0.25) is 0 Å². The van der Waals surface area contributed by atoms with Crippen LogP contribution in [0.3, 0.4) is 0 Å². The fourth-order valence-electron chi connectivity index (χ4n) is 2.69. The molecule has 0 aliphatic rings. The molecule has 0 aromatic heterocycles. The van der Waals surface area contributed by atoms with Crippen LogP contribution in [0.2, 0.25) is 0 Å². The van der Waals surface area contributed by atoms with E-state index in [1.54, 1.807) is 0 Å². The predicted molar refractivity (Wildman–Crippen MR) is 109 cm³/mol. The third kappa shape index (κ3) is 14.6. The summed E-state index contributed by atoms with van der Waals surface area (Å²) in [5.74, 6) is -1.24. The quantitative estimate of drug-likeness (QED) is 0.163. The molecule has 31 heavy (non-hydrogen) atoms. The molecule has 0 aliphatic heterocycles. The highest BCUT2D eigenvalue weighted by atomic mass is 16.6. The van der Waals surface area contributed by atoms with Crippen LogP contribution in [0.15, 0.2) is 0 Å². The van der Waals surface area contributed by atoms with E-state index >= 15 is 0 Å². The molecule has 0 bridgehead atoms.